The molecule has 0 amide bonds. The zero-order valence-corrected chi connectivity index (χ0v) is 10.1. The van der Waals surface area contributed by atoms with Gasteiger partial charge in [-0.1, -0.05) is 6.92 Å². The van der Waals surface area contributed by atoms with Gasteiger partial charge in [0.05, 0.1) is 6.07 Å². The van der Waals surface area contributed by atoms with Gasteiger partial charge in [0.15, 0.2) is 0 Å². The van der Waals surface area contributed by atoms with Crippen LogP contribution in [-0.4, -0.2) is 49.1 Å². The third-order valence-electron chi connectivity index (χ3n) is 3.35. The maximum absolute atomic E-state index is 8.45. The van der Waals surface area contributed by atoms with E-state index in [-0.39, 0.29) is 0 Å². The minimum absolute atomic E-state index is 0.713. The van der Waals surface area contributed by atoms with Crippen molar-refractivity contribution in [3.63, 3.8) is 0 Å². The lowest BCUT2D eigenvalue weighted by atomic mass is 10.1. The Morgan fingerprint density at radius 1 is 1.33 bits per heavy atom. The number of hydrogen-bond acceptors (Lipinski definition) is 3. The Morgan fingerprint density at radius 3 is 2.80 bits per heavy atom. The van der Waals surface area contributed by atoms with E-state index < -0.39 is 0 Å². The summed E-state index contributed by atoms with van der Waals surface area (Å²) in [5, 5.41) is 8.45. The van der Waals surface area contributed by atoms with Crippen LogP contribution in [0.4, 0.5) is 0 Å². The Bertz CT molecular complexity index is 209. The third kappa shape index (κ3) is 4.19. The van der Waals surface area contributed by atoms with E-state index in [0.29, 0.717) is 6.42 Å². The van der Waals surface area contributed by atoms with Crippen molar-refractivity contribution in [1.82, 2.24) is 9.80 Å². The maximum Gasteiger partial charge on any atom is 0.0621 e. The number of rotatable bonds is 5. The molecule has 3 heteroatoms. The Balaban J connectivity index is 2.18. The van der Waals surface area contributed by atoms with Crippen molar-refractivity contribution >= 4 is 0 Å². The summed E-state index contributed by atoms with van der Waals surface area (Å²) < 4.78 is 0. The largest absolute Gasteiger partial charge is 0.301 e. The van der Waals surface area contributed by atoms with Crippen molar-refractivity contribution in [2.45, 2.75) is 38.6 Å². The van der Waals surface area contributed by atoms with Crippen molar-refractivity contribution in [2.24, 2.45) is 0 Å². The van der Waals surface area contributed by atoms with Gasteiger partial charge in [0.25, 0.3) is 0 Å². The molecule has 0 saturated carbocycles. The van der Waals surface area contributed by atoms with Gasteiger partial charge in [-0.25, -0.2) is 0 Å². The van der Waals surface area contributed by atoms with Crippen LogP contribution < -0.4 is 0 Å². The molecular weight excluding hydrogens is 186 g/mol. The second-order valence-corrected chi connectivity index (χ2v) is 4.46. The van der Waals surface area contributed by atoms with E-state index in [0.717, 1.165) is 12.5 Å². The number of likely N-dealkylation sites (N-methyl/N-ethyl adjacent to an activating group) is 1. The Labute approximate surface area is 93.7 Å². The van der Waals surface area contributed by atoms with E-state index in [2.05, 4.69) is 29.8 Å². The first-order chi connectivity index (χ1) is 7.27. The van der Waals surface area contributed by atoms with E-state index >= 15 is 0 Å². The van der Waals surface area contributed by atoms with Crippen molar-refractivity contribution in [2.75, 3.05) is 33.2 Å². The highest BCUT2D eigenvalue weighted by molar-refractivity contribution is 4.79. The number of nitriles is 1. The maximum atomic E-state index is 8.45. The quantitative estimate of drug-likeness (QED) is 0.646. The summed E-state index contributed by atoms with van der Waals surface area (Å²) in [7, 11) is 2.22. The molecular formula is C12H23N3. The third-order valence-corrected chi connectivity index (χ3v) is 3.35. The van der Waals surface area contributed by atoms with Gasteiger partial charge in [-0.05, 0) is 32.9 Å². The molecule has 1 rings (SSSR count). The van der Waals surface area contributed by atoms with Crippen LogP contribution in [0.25, 0.3) is 0 Å². The molecule has 1 fully saturated rings. The van der Waals surface area contributed by atoms with Gasteiger partial charge in [0.2, 0.25) is 0 Å². The van der Waals surface area contributed by atoms with Gasteiger partial charge in [0, 0.05) is 32.1 Å². The fourth-order valence-electron chi connectivity index (χ4n) is 2.19. The summed E-state index contributed by atoms with van der Waals surface area (Å²) >= 11 is 0. The van der Waals surface area contributed by atoms with Crippen molar-refractivity contribution < 1.29 is 0 Å². The first-order valence-electron chi connectivity index (χ1n) is 6.07. The second kappa shape index (κ2) is 6.81. The number of piperazine rings is 1. The van der Waals surface area contributed by atoms with Crippen LogP contribution in [0.1, 0.15) is 32.6 Å². The van der Waals surface area contributed by atoms with Crippen molar-refractivity contribution in [3.05, 3.63) is 0 Å². The molecule has 0 aromatic heterocycles. The Morgan fingerprint density at radius 2 is 2.13 bits per heavy atom. The van der Waals surface area contributed by atoms with Crippen LogP contribution in [0.15, 0.2) is 0 Å². The lowest BCUT2D eigenvalue weighted by Gasteiger charge is -2.39. The molecule has 15 heavy (non-hydrogen) atoms. The zero-order valence-electron chi connectivity index (χ0n) is 10.1. The predicted molar refractivity (Wildman–Crippen MR) is 62.6 cm³/mol. The molecule has 1 heterocycles. The van der Waals surface area contributed by atoms with Crippen LogP contribution >= 0.6 is 0 Å². The molecule has 1 unspecified atom stereocenters. The van der Waals surface area contributed by atoms with Gasteiger partial charge in [-0.2, -0.15) is 5.26 Å². The summed E-state index contributed by atoms with van der Waals surface area (Å²) in [6, 6.07) is 2.94. The highest BCUT2D eigenvalue weighted by Crippen LogP contribution is 2.11. The standard InChI is InChI=1S/C12H23N3/c1-3-12-11-15(10-9-14(12)2)8-6-4-5-7-13/h12H,3-6,8-11H2,1-2H3. The summed E-state index contributed by atoms with van der Waals surface area (Å²) in [6.45, 7) is 7.03. The first kappa shape index (κ1) is 12.5. The fourth-order valence-corrected chi connectivity index (χ4v) is 2.19. The van der Waals surface area contributed by atoms with Gasteiger partial charge in [0.1, 0.15) is 0 Å². The molecule has 1 aliphatic rings. The smallest absolute Gasteiger partial charge is 0.0621 e. The van der Waals surface area contributed by atoms with Gasteiger partial charge < -0.3 is 9.80 Å². The molecule has 0 aliphatic carbocycles. The number of hydrogen-bond donors (Lipinski definition) is 0. The monoisotopic (exact) mass is 209 g/mol. The average Bonchev–Trinajstić information content (AvgIpc) is 2.26. The average molecular weight is 209 g/mol. The fraction of sp³-hybridized carbons (Fsp3) is 0.917. The van der Waals surface area contributed by atoms with Crippen LogP contribution in [0, 0.1) is 11.3 Å². The van der Waals surface area contributed by atoms with E-state index in [1.165, 1.54) is 39.0 Å². The topological polar surface area (TPSA) is 30.3 Å². The molecule has 0 radical (unpaired) electrons. The lowest BCUT2D eigenvalue weighted by molar-refractivity contribution is 0.0922. The second-order valence-electron chi connectivity index (χ2n) is 4.46. The van der Waals surface area contributed by atoms with E-state index in [9.17, 15) is 0 Å². The molecule has 1 saturated heterocycles. The molecule has 0 aromatic carbocycles. The molecule has 3 nitrogen and oxygen atoms in total. The van der Waals surface area contributed by atoms with Crippen LogP contribution in [0.3, 0.4) is 0 Å². The SMILES string of the molecule is CCC1CN(CCCCC#N)CCN1C. The summed E-state index contributed by atoms with van der Waals surface area (Å²) in [6.07, 6.45) is 4.18. The van der Waals surface area contributed by atoms with Gasteiger partial charge in [-0.3, -0.25) is 0 Å². The summed E-state index contributed by atoms with van der Waals surface area (Å²) in [5.74, 6) is 0. The molecule has 0 aromatic rings. The molecule has 86 valence electrons. The van der Waals surface area contributed by atoms with Crippen molar-refractivity contribution in [3.8, 4) is 6.07 Å². The number of nitrogens with zero attached hydrogens (tertiary/aromatic N) is 3. The zero-order chi connectivity index (χ0) is 11.1. The van der Waals surface area contributed by atoms with Gasteiger partial charge in [-0.15, -0.1) is 0 Å². The van der Waals surface area contributed by atoms with Gasteiger partial charge >= 0.3 is 0 Å². The molecule has 0 spiro atoms. The van der Waals surface area contributed by atoms with E-state index in [1.54, 1.807) is 0 Å². The summed E-state index contributed by atoms with van der Waals surface area (Å²) in [5.41, 5.74) is 0. The summed E-state index contributed by atoms with van der Waals surface area (Å²) in [4.78, 5) is 5.01. The lowest BCUT2D eigenvalue weighted by Crippen LogP contribution is -2.51. The van der Waals surface area contributed by atoms with Crippen LogP contribution in [0.5, 0.6) is 0 Å². The Hall–Kier alpha value is -0.590. The minimum Gasteiger partial charge on any atom is -0.301 e. The predicted octanol–water partition coefficient (Wildman–Crippen LogP) is 1.71. The molecule has 1 aliphatic heterocycles. The number of unbranched alkanes of at least 4 members (excludes halogenated alkanes) is 2. The van der Waals surface area contributed by atoms with Crippen LogP contribution in [0.2, 0.25) is 0 Å². The highest BCUT2D eigenvalue weighted by Gasteiger charge is 2.21. The normalized spacial score (nSPS) is 23.9. The van der Waals surface area contributed by atoms with E-state index in [1.807, 2.05) is 0 Å². The highest BCUT2D eigenvalue weighted by atomic mass is 15.3. The van der Waals surface area contributed by atoms with E-state index in [4.69, 9.17) is 5.26 Å². The van der Waals surface area contributed by atoms with Crippen LogP contribution in [-0.2, 0) is 0 Å². The molecule has 0 bridgehead atoms. The minimum atomic E-state index is 0.713. The van der Waals surface area contributed by atoms with Crippen molar-refractivity contribution in [1.29, 1.82) is 5.26 Å². The molecule has 1 atom stereocenters. The Kier molecular flexibility index (Phi) is 5.67. The first-order valence-corrected chi connectivity index (χ1v) is 6.07. The molecule has 0 N–H and O–H groups in total.